The number of aryl methyl sites for hydroxylation is 3. The molecule has 0 radical (unpaired) electrons. The fraction of sp³-hybridized carbons (Fsp3) is 0.273. The van der Waals surface area contributed by atoms with Gasteiger partial charge >= 0.3 is 20.4 Å². The smallest absolute Gasteiger partial charge is 0.509 e. The molecule has 0 amide bonds. The predicted octanol–water partition coefficient (Wildman–Crippen LogP) is 11.0. The zero-order valence-corrected chi connectivity index (χ0v) is 31.7. The Kier molecular flexibility index (Phi) is 11.1. The molecular weight excluding hydrogens is 723 g/mol. The van der Waals surface area contributed by atoms with E-state index in [1.807, 2.05) is 36.4 Å². The van der Waals surface area contributed by atoms with Gasteiger partial charge in [0.1, 0.15) is 11.6 Å². The van der Waals surface area contributed by atoms with E-state index in [-0.39, 0.29) is 20.4 Å². The van der Waals surface area contributed by atoms with Crippen molar-refractivity contribution in [3.05, 3.63) is 126 Å². The summed E-state index contributed by atoms with van der Waals surface area (Å²) in [7, 11) is 1.67. The van der Waals surface area contributed by atoms with Crippen molar-refractivity contribution in [1.29, 1.82) is 0 Å². The molecule has 1 unspecified atom stereocenters. The molecule has 7 aromatic rings. The minimum atomic E-state index is 0. The van der Waals surface area contributed by atoms with Crippen LogP contribution in [0.15, 0.2) is 91.1 Å². The van der Waals surface area contributed by atoms with E-state index in [2.05, 4.69) is 110 Å². The fourth-order valence-corrected chi connectivity index (χ4v) is 6.91. The van der Waals surface area contributed by atoms with Gasteiger partial charge in [0.2, 0.25) is 0 Å². The normalized spacial score (nSPS) is 11.9. The Hall–Kier alpha value is -4.70. The number of rotatable bonds is 12. The van der Waals surface area contributed by atoms with Gasteiger partial charge in [0.05, 0.1) is 18.5 Å². The Balaban J connectivity index is 0.00000448. The minimum Gasteiger partial charge on any atom is -0.509 e. The molecule has 262 valence electrons. The summed E-state index contributed by atoms with van der Waals surface area (Å²) in [6.07, 6.45) is 6.70. The number of ether oxygens (including phenoxy) is 2. The number of methoxy groups -OCH3 is 1. The quantitative estimate of drug-likeness (QED) is 0.0918. The summed E-state index contributed by atoms with van der Waals surface area (Å²) in [5.41, 5.74) is 10.4. The third kappa shape index (κ3) is 6.98. The Labute approximate surface area is 315 Å². The van der Waals surface area contributed by atoms with Gasteiger partial charge in [-0.1, -0.05) is 83.0 Å². The molecule has 51 heavy (non-hydrogen) atoms. The maximum Gasteiger partial charge on any atom is 2.00 e. The van der Waals surface area contributed by atoms with Crippen molar-refractivity contribution in [3.8, 4) is 39.9 Å². The van der Waals surface area contributed by atoms with Gasteiger partial charge in [0.25, 0.3) is 0 Å². The van der Waals surface area contributed by atoms with E-state index in [1.165, 1.54) is 27.9 Å². The summed E-state index contributed by atoms with van der Waals surface area (Å²) in [6.45, 7) is 11.2. The largest absolute Gasteiger partial charge is 2.00 e. The van der Waals surface area contributed by atoms with E-state index < -0.39 is 0 Å². The monoisotopic (exact) mass is 766 g/mol. The second-order valence-corrected chi connectivity index (χ2v) is 12.9. The molecule has 0 aliphatic rings. The summed E-state index contributed by atoms with van der Waals surface area (Å²) >= 11 is 0. The molecule has 4 aromatic carbocycles. The number of pyridine rings is 1. The van der Waals surface area contributed by atoms with E-state index in [1.54, 1.807) is 13.3 Å². The van der Waals surface area contributed by atoms with Crippen molar-refractivity contribution >= 4 is 21.8 Å². The first-order chi connectivity index (χ1) is 24.5. The van der Waals surface area contributed by atoms with Gasteiger partial charge < -0.3 is 14.0 Å². The van der Waals surface area contributed by atoms with Gasteiger partial charge in [0, 0.05) is 34.8 Å². The van der Waals surface area contributed by atoms with Crippen LogP contribution in [0.3, 0.4) is 0 Å². The molecule has 0 aliphatic heterocycles. The Morgan fingerprint density at radius 3 is 2.29 bits per heavy atom. The molecule has 0 bridgehead atoms. The van der Waals surface area contributed by atoms with Gasteiger partial charge in [-0.25, -0.2) is 4.98 Å². The molecule has 7 heteroatoms. The SMILES string of the molecule is CCCc1nn(-c2[c-]c(Oc3[c-]c4c(cc3)c3ccccc3n4-c3cc(OC)ccn3)ccc2)c(C(C)CC)c1-c1cc(CC)cc(CC)c1.[Pd+2]. The van der Waals surface area contributed by atoms with Crippen molar-refractivity contribution in [2.45, 2.75) is 72.6 Å². The summed E-state index contributed by atoms with van der Waals surface area (Å²) in [5, 5.41) is 7.49. The number of hydrogen-bond acceptors (Lipinski definition) is 4. The van der Waals surface area contributed by atoms with Crippen LogP contribution in [-0.4, -0.2) is 26.4 Å². The Morgan fingerprint density at radius 2 is 1.57 bits per heavy atom. The third-order valence-electron chi connectivity index (χ3n) is 9.66. The van der Waals surface area contributed by atoms with E-state index in [4.69, 9.17) is 14.6 Å². The molecule has 0 aliphatic carbocycles. The molecule has 1 atom stereocenters. The Bertz CT molecular complexity index is 2280. The molecule has 0 N–H and O–H groups in total. The van der Waals surface area contributed by atoms with Crippen LogP contribution in [0, 0.1) is 12.1 Å². The van der Waals surface area contributed by atoms with Crippen LogP contribution in [0.1, 0.15) is 75.9 Å². The van der Waals surface area contributed by atoms with Gasteiger partial charge in [-0.3, -0.25) is 4.68 Å². The van der Waals surface area contributed by atoms with Gasteiger partial charge in [-0.15, -0.1) is 35.7 Å². The number of aromatic nitrogens is 4. The first-order valence-corrected chi connectivity index (χ1v) is 17.9. The second-order valence-electron chi connectivity index (χ2n) is 12.9. The van der Waals surface area contributed by atoms with Crippen molar-refractivity contribution in [1.82, 2.24) is 19.3 Å². The van der Waals surface area contributed by atoms with Crippen molar-refractivity contribution in [2.24, 2.45) is 0 Å². The van der Waals surface area contributed by atoms with E-state index in [0.29, 0.717) is 17.4 Å². The van der Waals surface area contributed by atoms with Crippen LogP contribution in [0.5, 0.6) is 17.2 Å². The second kappa shape index (κ2) is 15.7. The van der Waals surface area contributed by atoms with Crippen LogP contribution < -0.4 is 9.47 Å². The maximum absolute atomic E-state index is 6.53. The number of fused-ring (bicyclic) bond motifs is 3. The van der Waals surface area contributed by atoms with Crippen molar-refractivity contribution < 1.29 is 29.9 Å². The number of benzene rings is 4. The molecule has 6 nitrogen and oxygen atoms in total. The molecule has 7 rings (SSSR count). The van der Waals surface area contributed by atoms with Crippen LogP contribution in [0.2, 0.25) is 0 Å². The van der Waals surface area contributed by atoms with E-state index >= 15 is 0 Å². The number of hydrogen-bond donors (Lipinski definition) is 0. The molecule has 0 saturated heterocycles. The molecule has 0 spiro atoms. The minimum absolute atomic E-state index is 0. The average molecular weight is 767 g/mol. The summed E-state index contributed by atoms with van der Waals surface area (Å²) in [4.78, 5) is 4.69. The first-order valence-electron chi connectivity index (χ1n) is 17.9. The maximum atomic E-state index is 6.53. The van der Waals surface area contributed by atoms with E-state index in [0.717, 1.165) is 76.9 Å². The topological polar surface area (TPSA) is 54.1 Å². The summed E-state index contributed by atoms with van der Waals surface area (Å²) < 4.78 is 16.3. The zero-order valence-electron chi connectivity index (χ0n) is 30.2. The van der Waals surface area contributed by atoms with Crippen molar-refractivity contribution in [2.75, 3.05) is 7.11 Å². The molecule has 3 heterocycles. The third-order valence-corrected chi connectivity index (χ3v) is 9.66. The molecular formula is C44H44N4O2Pd. The Morgan fingerprint density at radius 1 is 0.804 bits per heavy atom. The van der Waals surface area contributed by atoms with Crippen LogP contribution in [0.25, 0.3) is 44.4 Å². The van der Waals surface area contributed by atoms with Gasteiger partial charge in [-0.05, 0) is 71.5 Å². The van der Waals surface area contributed by atoms with Gasteiger partial charge in [0.15, 0.2) is 0 Å². The molecule has 0 fully saturated rings. The van der Waals surface area contributed by atoms with Crippen molar-refractivity contribution in [3.63, 3.8) is 0 Å². The number of para-hydroxylation sites is 1. The van der Waals surface area contributed by atoms with E-state index in [9.17, 15) is 0 Å². The predicted molar refractivity (Wildman–Crippen MR) is 203 cm³/mol. The molecule has 3 aromatic heterocycles. The summed E-state index contributed by atoms with van der Waals surface area (Å²) in [6, 6.07) is 36.4. The summed E-state index contributed by atoms with van der Waals surface area (Å²) in [5.74, 6) is 2.98. The number of nitrogens with zero attached hydrogens (tertiary/aromatic N) is 4. The zero-order chi connectivity index (χ0) is 34.8. The fourth-order valence-electron chi connectivity index (χ4n) is 6.91. The van der Waals surface area contributed by atoms with Crippen LogP contribution >= 0.6 is 0 Å². The van der Waals surface area contributed by atoms with Crippen LogP contribution in [-0.2, 0) is 39.7 Å². The van der Waals surface area contributed by atoms with Crippen LogP contribution in [0.4, 0.5) is 0 Å². The van der Waals surface area contributed by atoms with Gasteiger partial charge in [-0.2, -0.15) is 17.2 Å². The molecule has 0 saturated carbocycles. The average Bonchev–Trinajstić information content (AvgIpc) is 3.70. The first kappa shape index (κ1) is 36.1. The standard InChI is InChI=1S/C44H44N4O2.Pd/c1-7-14-39-43(32-24-30(9-3)23-31(10-4)25-32)44(29(5)8-2)48(46-39)33-15-13-16-35(26-33)50-36-19-20-38-37-17-11-12-18-40(37)47(41(38)27-36)42-28-34(49-6)21-22-45-42;/h11-13,15-25,28-29H,7-10,14H2,1-6H3;/q-2;+2.